The molecule has 2 nitrogen and oxygen atoms in total. The number of hydrogen-bond donors (Lipinski definition) is 0. The van der Waals surface area contributed by atoms with Crippen LogP contribution in [0.2, 0.25) is 0 Å². The van der Waals surface area contributed by atoms with Crippen LogP contribution in [0.25, 0.3) is 32.9 Å². The molecule has 0 N–H and O–H groups in total. The predicted octanol–water partition coefficient (Wildman–Crippen LogP) is 3.65. The van der Waals surface area contributed by atoms with Crippen molar-refractivity contribution in [1.29, 1.82) is 0 Å². The molecule has 2 aromatic heterocycles. The molecule has 0 unspecified atom stereocenters. The van der Waals surface area contributed by atoms with E-state index in [0.29, 0.717) is 0 Å². The zero-order valence-corrected chi connectivity index (χ0v) is 12.0. The Labute approximate surface area is 128 Å². The van der Waals surface area contributed by atoms with E-state index in [9.17, 15) is 0 Å². The van der Waals surface area contributed by atoms with Crippen LogP contribution in [0.15, 0.2) is 73.1 Å². The van der Waals surface area contributed by atoms with Crippen LogP contribution in [-0.4, -0.2) is 4.98 Å². The Morgan fingerprint density at radius 3 is 2.48 bits per heavy atom. The van der Waals surface area contributed by atoms with Crippen molar-refractivity contribution in [2.45, 2.75) is 0 Å². The summed E-state index contributed by atoms with van der Waals surface area (Å²) in [6.45, 7) is 0. The van der Waals surface area contributed by atoms with E-state index in [0.717, 1.165) is 21.8 Å². The number of hydrogen-bond acceptors (Lipinski definition) is 2. The van der Waals surface area contributed by atoms with Crippen molar-refractivity contribution < 1.29 is 3.97 Å². The summed E-state index contributed by atoms with van der Waals surface area (Å²) in [7, 11) is 0. The quantitative estimate of drug-likeness (QED) is 0.393. The molecule has 0 atom stereocenters. The summed E-state index contributed by atoms with van der Waals surface area (Å²) in [5, 5.41) is 2.30. The number of rotatable bonds is 1. The lowest BCUT2D eigenvalue weighted by molar-refractivity contribution is -0.461. The highest BCUT2D eigenvalue weighted by atomic mass is 32.1. The van der Waals surface area contributed by atoms with Gasteiger partial charge in [0.25, 0.3) is 0 Å². The standard InChI is InChI=1S/C18H12N2S/c21-20-10-2-4-16-12-14(6-8-18(16)20)13-5-7-17-15(11-13)3-1-9-19-17/h1-12H. The Bertz CT molecular complexity index is 963. The number of benzene rings is 2. The molecule has 0 amide bonds. The zero-order chi connectivity index (χ0) is 14.2. The number of pyridine rings is 2. The topological polar surface area (TPSA) is 16.8 Å². The largest absolute Gasteiger partial charge is 0.426 e. The average Bonchev–Trinajstić information content (AvgIpc) is 2.54. The normalized spacial score (nSPS) is 11.0. The van der Waals surface area contributed by atoms with Crippen LogP contribution in [0.3, 0.4) is 0 Å². The minimum Gasteiger partial charge on any atom is -0.426 e. The van der Waals surface area contributed by atoms with Gasteiger partial charge < -0.3 is 16.8 Å². The van der Waals surface area contributed by atoms with Crippen LogP contribution in [0.5, 0.6) is 0 Å². The van der Waals surface area contributed by atoms with Crippen LogP contribution in [0.1, 0.15) is 0 Å². The van der Waals surface area contributed by atoms with E-state index < -0.39 is 0 Å². The molecule has 21 heavy (non-hydrogen) atoms. The molecular formula is C18H12N2S. The highest BCUT2D eigenvalue weighted by molar-refractivity contribution is 7.51. The molecule has 4 aromatic rings. The van der Waals surface area contributed by atoms with E-state index in [2.05, 4.69) is 53.5 Å². The first-order chi connectivity index (χ1) is 10.3. The maximum atomic E-state index is 5.29. The molecule has 0 aliphatic rings. The van der Waals surface area contributed by atoms with Crippen LogP contribution >= 0.6 is 0 Å². The third-order valence-electron chi connectivity index (χ3n) is 3.70. The molecule has 2 aromatic carbocycles. The molecule has 0 radical (unpaired) electrons. The first-order valence-corrected chi connectivity index (χ1v) is 7.15. The lowest BCUT2D eigenvalue weighted by atomic mass is 10.0. The van der Waals surface area contributed by atoms with E-state index >= 15 is 0 Å². The molecule has 0 bridgehead atoms. The zero-order valence-electron chi connectivity index (χ0n) is 11.2. The summed E-state index contributed by atoms with van der Waals surface area (Å²) in [5.74, 6) is 0. The first-order valence-electron chi connectivity index (χ1n) is 6.78. The van der Waals surface area contributed by atoms with Gasteiger partial charge in [-0.1, -0.05) is 12.1 Å². The van der Waals surface area contributed by atoms with Crippen LogP contribution in [-0.2, 0) is 12.8 Å². The molecule has 3 heteroatoms. The molecular weight excluding hydrogens is 276 g/mol. The van der Waals surface area contributed by atoms with Gasteiger partial charge in [0.2, 0.25) is 0 Å². The highest BCUT2D eigenvalue weighted by Crippen LogP contribution is 2.25. The summed E-state index contributed by atoms with van der Waals surface area (Å²) in [6, 6.07) is 20.8. The molecule has 0 saturated carbocycles. The Morgan fingerprint density at radius 2 is 1.57 bits per heavy atom. The Hall–Kier alpha value is -2.52. The molecule has 2 heterocycles. The maximum absolute atomic E-state index is 5.29. The van der Waals surface area contributed by atoms with E-state index in [4.69, 9.17) is 12.8 Å². The maximum Gasteiger partial charge on any atom is 0.197 e. The van der Waals surface area contributed by atoms with Crippen LogP contribution in [0, 0.1) is 0 Å². The number of fused-ring (bicyclic) bond motifs is 2. The lowest BCUT2D eigenvalue weighted by Crippen LogP contribution is -2.25. The second-order valence-corrected chi connectivity index (χ2v) is 5.41. The van der Waals surface area contributed by atoms with E-state index in [1.807, 2.05) is 24.5 Å². The summed E-state index contributed by atoms with van der Waals surface area (Å²) in [6.07, 6.45) is 3.71. The first kappa shape index (κ1) is 12.2. The number of nitrogens with zero attached hydrogens (tertiary/aromatic N) is 2. The van der Waals surface area contributed by atoms with E-state index in [1.54, 1.807) is 3.97 Å². The lowest BCUT2D eigenvalue weighted by Gasteiger charge is -2.06. The Morgan fingerprint density at radius 1 is 0.810 bits per heavy atom. The second kappa shape index (κ2) is 4.79. The number of aromatic nitrogens is 2. The highest BCUT2D eigenvalue weighted by Gasteiger charge is 2.05. The molecule has 4 rings (SSSR count). The van der Waals surface area contributed by atoms with Gasteiger partial charge in [-0.25, -0.2) is 0 Å². The summed E-state index contributed by atoms with van der Waals surface area (Å²) < 4.78 is 1.73. The minimum absolute atomic E-state index is 1.02. The molecule has 0 spiro atoms. The smallest absolute Gasteiger partial charge is 0.197 e. The van der Waals surface area contributed by atoms with Crippen molar-refractivity contribution in [1.82, 2.24) is 4.98 Å². The van der Waals surface area contributed by atoms with E-state index in [1.165, 1.54) is 11.1 Å². The van der Waals surface area contributed by atoms with Crippen molar-refractivity contribution in [3.05, 3.63) is 73.1 Å². The molecule has 0 aliphatic heterocycles. The molecule has 0 fully saturated rings. The fourth-order valence-electron chi connectivity index (χ4n) is 2.63. The van der Waals surface area contributed by atoms with Crippen molar-refractivity contribution in [2.24, 2.45) is 0 Å². The van der Waals surface area contributed by atoms with Crippen molar-refractivity contribution in [3.63, 3.8) is 0 Å². The molecule has 0 aliphatic carbocycles. The van der Waals surface area contributed by atoms with Crippen LogP contribution in [0.4, 0.5) is 0 Å². The van der Waals surface area contributed by atoms with Gasteiger partial charge in [-0.3, -0.25) is 4.98 Å². The minimum atomic E-state index is 1.02. The van der Waals surface area contributed by atoms with Gasteiger partial charge in [0.1, 0.15) is 0 Å². The third kappa shape index (κ3) is 2.12. The summed E-state index contributed by atoms with van der Waals surface area (Å²) in [5.41, 5.74) is 4.45. The fourth-order valence-corrected chi connectivity index (χ4v) is 2.87. The fraction of sp³-hybridized carbons (Fsp3) is 0. The van der Waals surface area contributed by atoms with Crippen molar-refractivity contribution in [2.75, 3.05) is 0 Å². The average molecular weight is 288 g/mol. The van der Waals surface area contributed by atoms with Crippen molar-refractivity contribution in [3.8, 4) is 11.1 Å². The summed E-state index contributed by atoms with van der Waals surface area (Å²) >= 11 is 5.29. The second-order valence-electron chi connectivity index (χ2n) is 5.02. The van der Waals surface area contributed by atoms with Gasteiger partial charge >= 0.3 is 0 Å². The Balaban J connectivity index is 1.91. The van der Waals surface area contributed by atoms with Gasteiger partial charge in [-0.05, 0) is 47.5 Å². The predicted molar refractivity (Wildman–Crippen MR) is 87.6 cm³/mol. The SMILES string of the molecule is [S-][n+]1cccc2cc(-c3ccc4ncccc4c3)ccc21. The Kier molecular flexibility index (Phi) is 2.79. The van der Waals surface area contributed by atoms with Gasteiger partial charge in [-0.15, -0.1) is 0 Å². The van der Waals surface area contributed by atoms with Crippen molar-refractivity contribution >= 4 is 34.6 Å². The third-order valence-corrected chi connectivity index (χ3v) is 4.02. The van der Waals surface area contributed by atoms with Gasteiger partial charge in [0, 0.05) is 29.1 Å². The van der Waals surface area contributed by atoms with Gasteiger partial charge in [0.15, 0.2) is 11.7 Å². The van der Waals surface area contributed by atoms with Crippen LogP contribution < -0.4 is 3.97 Å². The monoisotopic (exact) mass is 288 g/mol. The van der Waals surface area contributed by atoms with E-state index in [-0.39, 0.29) is 0 Å². The summed E-state index contributed by atoms with van der Waals surface area (Å²) in [4.78, 5) is 4.36. The molecule has 0 saturated heterocycles. The van der Waals surface area contributed by atoms with Gasteiger partial charge in [-0.2, -0.15) is 0 Å². The van der Waals surface area contributed by atoms with Gasteiger partial charge in [0.05, 0.1) is 5.52 Å². The molecule has 100 valence electrons.